The van der Waals surface area contributed by atoms with Crippen molar-refractivity contribution in [2.24, 2.45) is 0 Å². The third-order valence-corrected chi connectivity index (χ3v) is 3.31. The molecule has 1 unspecified atom stereocenters. The molecule has 1 amide bonds. The van der Waals surface area contributed by atoms with Crippen LogP contribution in [0.4, 0.5) is 5.69 Å². The Labute approximate surface area is 122 Å². The molecule has 2 N–H and O–H groups in total. The van der Waals surface area contributed by atoms with E-state index in [2.05, 4.69) is 10.6 Å². The van der Waals surface area contributed by atoms with Crippen molar-refractivity contribution >= 4 is 11.6 Å². The van der Waals surface area contributed by atoms with E-state index < -0.39 is 11.0 Å². The Morgan fingerprint density at radius 2 is 2.24 bits per heavy atom. The van der Waals surface area contributed by atoms with Gasteiger partial charge in [0, 0.05) is 25.7 Å². The maximum Gasteiger partial charge on any atom is 0.311 e. The lowest BCUT2D eigenvalue weighted by Gasteiger charge is -2.13. The summed E-state index contributed by atoms with van der Waals surface area (Å²) in [7, 11) is 1.49. The zero-order chi connectivity index (χ0) is 15.4. The Hall–Kier alpha value is -2.15. The molecular formula is C14H19N3O4. The summed E-state index contributed by atoms with van der Waals surface area (Å²) in [6.07, 6.45) is 1.53. The van der Waals surface area contributed by atoms with E-state index in [1.807, 2.05) is 0 Å². The smallest absolute Gasteiger partial charge is 0.311 e. The van der Waals surface area contributed by atoms with Crippen LogP contribution in [0.25, 0.3) is 0 Å². The van der Waals surface area contributed by atoms with Crippen molar-refractivity contribution in [3.8, 4) is 5.75 Å². The molecule has 0 aromatic heterocycles. The highest BCUT2D eigenvalue weighted by Gasteiger charge is 2.23. The van der Waals surface area contributed by atoms with Crippen molar-refractivity contribution in [2.75, 3.05) is 7.05 Å². The van der Waals surface area contributed by atoms with Crippen LogP contribution >= 0.6 is 0 Å². The number of nitrogens with one attached hydrogen (secondary N) is 2. The molecule has 1 atom stereocenters. The lowest BCUT2D eigenvalue weighted by molar-refractivity contribution is -0.386. The van der Waals surface area contributed by atoms with Crippen molar-refractivity contribution in [2.45, 2.75) is 38.5 Å². The average Bonchev–Trinajstić information content (AvgIpc) is 3.29. The Balaban J connectivity index is 2.11. The first-order valence-electron chi connectivity index (χ1n) is 6.90. The number of hydrogen-bond acceptors (Lipinski definition) is 5. The molecule has 21 heavy (non-hydrogen) atoms. The SMILES string of the molecule is CNC(=O)C(C)Oc1ccc(CNC2CC2)cc1[N+](=O)[O-]. The first kappa shape index (κ1) is 15.2. The van der Waals surface area contributed by atoms with Crippen LogP contribution in [0.3, 0.4) is 0 Å². The van der Waals surface area contributed by atoms with Gasteiger partial charge in [0.2, 0.25) is 0 Å². The second-order valence-corrected chi connectivity index (χ2v) is 5.09. The number of nitrogens with zero attached hydrogens (tertiary/aromatic N) is 1. The van der Waals surface area contributed by atoms with Gasteiger partial charge in [0.25, 0.3) is 5.91 Å². The van der Waals surface area contributed by atoms with Gasteiger partial charge >= 0.3 is 5.69 Å². The van der Waals surface area contributed by atoms with E-state index in [4.69, 9.17) is 4.74 Å². The third kappa shape index (κ3) is 4.16. The summed E-state index contributed by atoms with van der Waals surface area (Å²) in [6, 6.07) is 5.34. The molecular weight excluding hydrogens is 274 g/mol. The number of nitro benzene ring substituents is 1. The summed E-state index contributed by atoms with van der Waals surface area (Å²) >= 11 is 0. The maximum absolute atomic E-state index is 11.4. The van der Waals surface area contributed by atoms with Gasteiger partial charge in [0.15, 0.2) is 11.9 Å². The number of carbonyl (C=O) groups is 1. The Morgan fingerprint density at radius 3 is 2.81 bits per heavy atom. The van der Waals surface area contributed by atoms with Crippen LogP contribution in [0, 0.1) is 10.1 Å². The Bertz CT molecular complexity index is 543. The largest absolute Gasteiger partial charge is 0.474 e. The van der Waals surface area contributed by atoms with Gasteiger partial charge in [-0.1, -0.05) is 6.07 Å². The van der Waals surface area contributed by atoms with E-state index >= 15 is 0 Å². The molecule has 0 radical (unpaired) electrons. The topological polar surface area (TPSA) is 93.5 Å². The van der Waals surface area contributed by atoms with Gasteiger partial charge in [-0.25, -0.2) is 0 Å². The molecule has 0 aliphatic heterocycles. The molecule has 1 aliphatic carbocycles. The lowest BCUT2D eigenvalue weighted by Crippen LogP contribution is -2.33. The van der Waals surface area contributed by atoms with Gasteiger partial charge in [-0.3, -0.25) is 14.9 Å². The van der Waals surface area contributed by atoms with Crippen molar-refractivity contribution < 1.29 is 14.5 Å². The van der Waals surface area contributed by atoms with E-state index in [9.17, 15) is 14.9 Å². The predicted octanol–water partition coefficient (Wildman–Crippen LogP) is 1.36. The Morgan fingerprint density at radius 1 is 1.52 bits per heavy atom. The number of rotatable bonds is 7. The average molecular weight is 293 g/mol. The maximum atomic E-state index is 11.4. The van der Waals surface area contributed by atoms with E-state index in [1.165, 1.54) is 13.1 Å². The van der Waals surface area contributed by atoms with Gasteiger partial charge in [-0.05, 0) is 31.4 Å². The minimum atomic E-state index is -0.788. The van der Waals surface area contributed by atoms with Crippen molar-refractivity contribution in [1.82, 2.24) is 10.6 Å². The zero-order valence-electron chi connectivity index (χ0n) is 12.1. The summed E-state index contributed by atoms with van der Waals surface area (Å²) in [5.41, 5.74) is 0.703. The van der Waals surface area contributed by atoms with Crippen LogP contribution in [0.15, 0.2) is 18.2 Å². The number of ether oxygens (including phenoxy) is 1. The van der Waals surface area contributed by atoms with Crippen molar-refractivity contribution in [1.29, 1.82) is 0 Å². The lowest BCUT2D eigenvalue weighted by atomic mass is 10.2. The fourth-order valence-electron chi connectivity index (χ4n) is 1.91. The molecule has 1 aromatic carbocycles. The van der Waals surface area contributed by atoms with Crippen molar-refractivity contribution in [3.63, 3.8) is 0 Å². The second kappa shape index (κ2) is 6.53. The van der Waals surface area contributed by atoms with Crippen LogP contribution in [0.1, 0.15) is 25.3 Å². The number of carbonyl (C=O) groups excluding carboxylic acids is 1. The van der Waals surface area contributed by atoms with Crippen LogP contribution < -0.4 is 15.4 Å². The van der Waals surface area contributed by atoms with E-state index in [1.54, 1.807) is 19.1 Å². The molecule has 7 heteroatoms. The molecule has 2 rings (SSSR count). The summed E-state index contributed by atoms with van der Waals surface area (Å²) in [6.45, 7) is 2.14. The highest BCUT2D eigenvalue weighted by atomic mass is 16.6. The second-order valence-electron chi connectivity index (χ2n) is 5.09. The van der Waals surface area contributed by atoms with Crippen LogP contribution in [-0.4, -0.2) is 30.0 Å². The molecule has 7 nitrogen and oxygen atoms in total. The minimum absolute atomic E-state index is 0.103. The molecule has 0 bridgehead atoms. The highest BCUT2D eigenvalue weighted by Crippen LogP contribution is 2.29. The summed E-state index contributed by atoms with van der Waals surface area (Å²) in [4.78, 5) is 22.1. The monoisotopic (exact) mass is 293 g/mol. The van der Waals surface area contributed by atoms with Gasteiger partial charge < -0.3 is 15.4 Å². The molecule has 1 fully saturated rings. The molecule has 1 aromatic rings. The molecule has 1 aliphatic rings. The van der Waals surface area contributed by atoms with E-state index in [0.717, 1.165) is 18.4 Å². The predicted molar refractivity (Wildman–Crippen MR) is 77.1 cm³/mol. The number of likely N-dealkylation sites (N-methyl/N-ethyl adjacent to an activating group) is 1. The first-order valence-corrected chi connectivity index (χ1v) is 6.90. The molecule has 0 heterocycles. The fourth-order valence-corrected chi connectivity index (χ4v) is 1.91. The normalized spacial score (nSPS) is 15.3. The first-order chi connectivity index (χ1) is 10.0. The minimum Gasteiger partial charge on any atom is -0.474 e. The molecule has 1 saturated carbocycles. The highest BCUT2D eigenvalue weighted by molar-refractivity contribution is 5.80. The summed E-state index contributed by atoms with van der Waals surface area (Å²) in [5.74, 6) is -0.227. The van der Waals surface area contributed by atoms with Crippen LogP contribution in [-0.2, 0) is 11.3 Å². The van der Waals surface area contributed by atoms with Crippen LogP contribution in [0.2, 0.25) is 0 Å². The zero-order valence-corrected chi connectivity index (χ0v) is 12.1. The summed E-state index contributed by atoms with van der Waals surface area (Å²) in [5, 5.41) is 16.9. The van der Waals surface area contributed by atoms with Gasteiger partial charge in [0.1, 0.15) is 0 Å². The molecule has 114 valence electrons. The molecule has 0 spiro atoms. The fraction of sp³-hybridized carbons (Fsp3) is 0.500. The summed E-state index contributed by atoms with van der Waals surface area (Å²) < 4.78 is 5.38. The van der Waals surface area contributed by atoms with E-state index in [-0.39, 0.29) is 17.3 Å². The Kier molecular flexibility index (Phi) is 4.74. The number of nitro groups is 1. The van der Waals surface area contributed by atoms with Gasteiger partial charge in [-0.2, -0.15) is 0 Å². The van der Waals surface area contributed by atoms with Crippen LogP contribution in [0.5, 0.6) is 5.75 Å². The third-order valence-electron chi connectivity index (χ3n) is 3.31. The quantitative estimate of drug-likeness (QED) is 0.585. The standard InChI is InChI=1S/C14H19N3O4/c1-9(14(18)15-2)21-13-6-3-10(7-12(13)17(19)20)8-16-11-4-5-11/h3,6-7,9,11,16H,4-5,8H2,1-2H3,(H,15,18). The number of hydrogen-bond donors (Lipinski definition) is 2. The van der Waals surface area contributed by atoms with Gasteiger partial charge in [-0.15, -0.1) is 0 Å². The molecule has 0 saturated heterocycles. The van der Waals surface area contributed by atoms with Gasteiger partial charge in [0.05, 0.1) is 4.92 Å². The number of amides is 1. The number of benzene rings is 1. The van der Waals surface area contributed by atoms with E-state index in [0.29, 0.717) is 12.6 Å². The van der Waals surface area contributed by atoms with Crippen molar-refractivity contribution in [3.05, 3.63) is 33.9 Å².